The second kappa shape index (κ2) is 7.83. The summed E-state index contributed by atoms with van der Waals surface area (Å²) in [5.74, 6) is 1.59. The quantitative estimate of drug-likeness (QED) is 0.902. The van der Waals surface area contributed by atoms with Crippen LogP contribution in [0.4, 0.5) is 0 Å². The fourth-order valence-corrected chi connectivity index (χ4v) is 3.04. The van der Waals surface area contributed by atoms with Crippen LogP contribution in [0.2, 0.25) is 5.02 Å². The van der Waals surface area contributed by atoms with Crippen LogP contribution >= 0.6 is 11.6 Å². The predicted molar refractivity (Wildman–Crippen MR) is 92.4 cm³/mol. The smallest absolute Gasteiger partial charge is 0.251 e. The van der Waals surface area contributed by atoms with Crippen LogP contribution in [0.3, 0.4) is 0 Å². The molecule has 1 unspecified atom stereocenters. The molecule has 1 saturated heterocycles. The molecule has 5 nitrogen and oxygen atoms in total. The minimum absolute atomic E-state index is 0.00858. The van der Waals surface area contributed by atoms with E-state index in [4.69, 9.17) is 20.8 Å². The largest absolute Gasteiger partial charge is 0.465 e. The second-order valence-corrected chi connectivity index (χ2v) is 6.27. The van der Waals surface area contributed by atoms with Gasteiger partial charge < -0.3 is 14.5 Å². The lowest BCUT2D eigenvalue weighted by Crippen LogP contribution is -2.43. The summed E-state index contributed by atoms with van der Waals surface area (Å²) in [6.45, 7) is 5.41. The summed E-state index contributed by atoms with van der Waals surface area (Å²) < 4.78 is 11.2. The molecular weight excluding hydrogens is 328 g/mol. The Bertz CT molecular complexity index is 695. The normalized spacial score (nSPS) is 16.8. The number of morpholine rings is 1. The lowest BCUT2D eigenvalue weighted by molar-refractivity contribution is 0.0117. The van der Waals surface area contributed by atoms with Crippen molar-refractivity contribution in [2.75, 3.05) is 32.8 Å². The first-order chi connectivity index (χ1) is 11.6. The summed E-state index contributed by atoms with van der Waals surface area (Å²) in [7, 11) is 0. The summed E-state index contributed by atoms with van der Waals surface area (Å²) in [4.78, 5) is 14.7. The van der Waals surface area contributed by atoms with Gasteiger partial charge in [-0.15, -0.1) is 0 Å². The molecule has 24 heavy (non-hydrogen) atoms. The first-order valence-electron chi connectivity index (χ1n) is 8.05. The van der Waals surface area contributed by atoms with E-state index in [1.54, 1.807) is 24.3 Å². The number of carbonyl (C=O) groups is 1. The average Bonchev–Trinajstić information content (AvgIpc) is 3.02. The van der Waals surface area contributed by atoms with Gasteiger partial charge in [-0.2, -0.15) is 0 Å². The van der Waals surface area contributed by atoms with E-state index >= 15 is 0 Å². The lowest BCUT2D eigenvalue weighted by Gasteiger charge is -2.33. The number of nitrogens with one attached hydrogen (secondary N) is 1. The van der Waals surface area contributed by atoms with Crippen molar-refractivity contribution < 1.29 is 13.9 Å². The van der Waals surface area contributed by atoms with Gasteiger partial charge in [0.1, 0.15) is 11.5 Å². The average molecular weight is 349 g/mol. The van der Waals surface area contributed by atoms with Crippen molar-refractivity contribution in [1.82, 2.24) is 10.2 Å². The molecule has 0 saturated carbocycles. The van der Waals surface area contributed by atoms with E-state index in [1.165, 1.54) is 0 Å². The first-order valence-corrected chi connectivity index (χ1v) is 8.43. The van der Waals surface area contributed by atoms with E-state index in [0.29, 0.717) is 30.3 Å². The predicted octanol–water partition coefficient (Wildman–Crippen LogP) is 3.04. The highest BCUT2D eigenvalue weighted by Gasteiger charge is 2.25. The molecule has 1 aliphatic heterocycles. The van der Waals surface area contributed by atoms with Gasteiger partial charge in [0.25, 0.3) is 5.91 Å². The molecule has 3 rings (SSSR count). The molecule has 1 N–H and O–H groups in total. The Morgan fingerprint density at radius 2 is 2.08 bits per heavy atom. The summed E-state index contributed by atoms with van der Waals surface area (Å²) in [5, 5.41) is 3.54. The first kappa shape index (κ1) is 17.0. The third kappa shape index (κ3) is 4.17. The zero-order chi connectivity index (χ0) is 16.9. The molecule has 1 fully saturated rings. The van der Waals surface area contributed by atoms with Gasteiger partial charge in [0.2, 0.25) is 0 Å². The van der Waals surface area contributed by atoms with E-state index in [1.807, 2.05) is 19.1 Å². The number of nitrogens with zero attached hydrogens (tertiary/aromatic N) is 1. The Hall–Kier alpha value is -1.82. The third-order valence-electron chi connectivity index (χ3n) is 4.12. The van der Waals surface area contributed by atoms with Crippen LogP contribution < -0.4 is 5.32 Å². The van der Waals surface area contributed by atoms with Gasteiger partial charge >= 0.3 is 0 Å². The summed E-state index contributed by atoms with van der Waals surface area (Å²) >= 11 is 5.95. The number of rotatable bonds is 5. The van der Waals surface area contributed by atoms with Crippen LogP contribution in [0.15, 0.2) is 40.8 Å². The van der Waals surface area contributed by atoms with Crippen molar-refractivity contribution in [3.63, 3.8) is 0 Å². The third-order valence-corrected chi connectivity index (χ3v) is 4.35. The van der Waals surface area contributed by atoms with Crippen molar-refractivity contribution in [1.29, 1.82) is 0 Å². The standard InChI is InChI=1S/C18H21ClN2O3/c1-13-5-6-17(24-13)16(21-7-9-23-10-8-21)12-20-18(22)14-3-2-4-15(19)11-14/h2-6,11,16H,7-10,12H2,1H3,(H,20,22). The zero-order valence-corrected chi connectivity index (χ0v) is 14.4. The summed E-state index contributed by atoms with van der Waals surface area (Å²) in [6.07, 6.45) is 0. The molecule has 1 aromatic heterocycles. The molecule has 0 spiro atoms. The number of aryl methyl sites for hydroxylation is 1. The highest BCUT2D eigenvalue weighted by molar-refractivity contribution is 6.30. The Morgan fingerprint density at radius 3 is 2.75 bits per heavy atom. The van der Waals surface area contributed by atoms with Crippen molar-refractivity contribution in [2.24, 2.45) is 0 Å². The molecule has 0 radical (unpaired) electrons. The van der Waals surface area contributed by atoms with E-state index in [0.717, 1.165) is 24.6 Å². The van der Waals surface area contributed by atoms with Gasteiger partial charge in [-0.1, -0.05) is 17.7 Å². The maximum atomic E-state index is 12.4. The van der Waals surface area contributed by atoms with Gasteiger partial charge in [-0.3, -0.25) is 9.69 Å². The van der Waals surface area contributed by atoms with Gasteiger partial charge in [0.15, 0.2) is 0 Å². The van der Waals surface area contributed by atoms with E-state index in [-0.39, 0.29) is 11.9 Å². The number of furan rings is 1. The van der Waals surface area contributed by atoms with Crippen LogP contribution in [0.5, 0.6) is 0 Å². The monoisotopic (exact) mass is 348 g/mol. The molecule has 6 heteroatoms. The fraction of sp³-hybridized carbons (Fsp3) is 0.389. The van der Waals surface area contributed by atoms with Crippen molar-refractivity contribution in [3.05, 3.63) is 58.5 Å². The SMILES string of the molecule is Cc1ccc(C(CNC(=O)c2cccc(Cl)c2)N2CCOCC2)o1. The van der Waals surface area contributed by atoms with Gasteiger partial charge in [0.05, 0.1) is 19.3 Å². The lowest BCUT2D eigenvalue weighted by atomic mass is 10.1. The van der Waals surface area contributed by atoms with Crippen LogP contribution in [0.25, 0.3) is 0 Å². The van der Waals surface area contributed by atoms with E-state index in [2.05, 4.69) is 10.2 Å². The fourth-order valence-electron chi connectivity index (χ4n) is 2.85. The molecule has 2 aromatic rings. The van der Waals surface area contributed by atoms with Crippen LogP contribution in [-0.2, 0) is 4.74 Å². The van der Waals surface area contributed by atoms with Crippen molar-refractivity contribution >= 4 is 17.5 Å². The molecule has 1 atom stereocenters. The van der Waals surface area contributed by atoms with Crippen LogP contribution in [0.1, 0.15) is 27.9 Å². The molecule has 1 aromatic carbocycles. The van der Waals surface area contributed by atoms with E-state index in [9.17, 15) is 4.79 Å². The minimum atomic E-state index is -0.140. The number of carbonyl (C=O) groups excluding carboxylic acids is 1. The van der Waals surface area contributed by atoms with Crippen molar-refractivity contribution in [2.45, 2.75) is 13.0 Å². The molecule has 2 heterocycles. The highest BCUT2D eigenvalue weighted by atomic mass is 35.5. The number of amides is 1. The molecule has 0 aliphatic carbocycles. The molecule has 0 bridgehead atoms. The molecule has 128 valence electrons. The Kier molecular flexibility index (Phi) is 5.56. The number of ether oxygens (including phenoxy) is 1. The zero-order valence-electron chi connectivity index (χ0n) is 13.6. The van der Waals surface area contributed by atoms with Crippen molar-refractivity contribution in [3.8, 4) is 0 Å². The van der Waals surface area contributed by atoms with Gasteiger partial charge in [-0.25, -0.2) is 0 Å². The number of benzene rings is 1. The van der Waals surface area contributed by atoms with Crippen LogP contribution in [-0.4, -0.2) is 43.7 Å². The van der Waals surface area contributed by atoms with Gasteiger partial charge in [-0.05, 0) is 37.3 Å². The maximum absolute atomic E-state index is 12.4. The summed E-state index contributed by atoms with van der Waals surface area (Å²) in [5.41, 5.74) is 0.554. The number of halogens is 1. The highest BCUT2D eigenvalue weighted by Crippen LogP contribution is 2.23. The Balaban J connectivity index is 1.70. The minimum Gasteiger partial charge on any atom is -0.465 e. The Labute approximate surface area is 146 Å². The summed E-state index contributed by atoms with van der Waals surface area (Å²) in [6, 6.07) is 10.8. The number of hydrogen-bond acceptors (Lipinski definition) is 4. The Morgan fingerprint density at radius 1 is 1.29 bits per heavy atom. The van der Waals surface area contributed by atoms with E-state index < -0.39 is 0 Å². The number of hydrogen-bond donors (Lipinski definition) is 1. The second-order valence-electron chi connectivity index (χ2n) is 5.83. The molecule has 1 aliphatic rings. The van der Waals surface area contributed by atoms with Crippen LogP contribution in [0, 0.1) is 6.92 Å². The topological polar surface area (TPSA) is 54.7 Å². The van der Waals surface area contributed by atoms with Gasteiger partial charge in [0, 0.05) is 30.2 Å². The molecular formula is C18H21ClN2O3. The molecule has 1 amide bonds. The maximum Gasteiger partial charge on any atom is 0.251 e.